The number of para-hydroxylation sites is 1. The van der Waals surface area contributed by atoms with Crippen molar-refractivity contribution in [3.63, 3.8) is 0 Å². The van der Waals surface area contributed by atoms with E-state index in [0.29, 0.717) is 11.1 Å². The number of aromatic nitrogens is 1. The van der Waals surface area contributed by atoms with E-state index >= 15 is 0 Å². The molecule has 0 saturated heterocycles. The third-order valence-corrected chi connectivity index (χ3v) is 2.95. The molecule has 1 aromatic carbocycles. The first-order chi connectivity index (χ1) is 10.3. The molecule has 5 nitrogen and oxygen atoms in total. The van der Waals surface area contributed by atoms with Crippen molar-refractivity contribution in [3.8, 4) is 0 Å². The molecule has 0 saturated carbocycles. The number of amides is 1. The van der Waals surface area contributed by atoms with E-state index in [0.717, 1.165) is 5.39 Å². The molecule has 22 heavy (non-hydrogen) atoms. The number of fused-ring (bicyclic) bond motifs is 1. The topological polar surface area (TPSA) is 79.3 Å². The van der Waals surface area contributed by atoms with Gasteiger partial charge in [0.25, 0.3) is 0 Å². The Kier molecular flexibility index (Phi) is 4.30. The molecule has 1 amide bonds. The summed E-state index contributed by atoms with van der Waals surface area (Å²) in [5.41, 5.74) is 1.09. The zero-order chi connectivity index (χ0) is 16.3. The van der Waals surface area contributed by atoms with Crippen LogP contribution in [0, 0.1) is 0 Å². The van der Waals surface area contributed by atoms with Gasteiger partial charge in [-0.1, -0.05) is 18.2 Å². The Balaban J connectivity index is 2.19. The summed E-state index contributed by atoms with van der Waals surface area (Å²) in [5, 5.41) is 11.1. The van der Waals surface area contributed by atoms with Crippen molar-refractivity contribution in [2.75, 3.05) is 0 Å². The number of carbonyl (C=O) groups excluding carboxylic acids is 1. The lowest BCUT2D eigenvalue weighted by Crippen LogP contribution is -2.47. The number of carbonyl (C=O) groups is 2. The highest BCUT2D eigenvalue weighted by Crippen LogP contribution is 2.17. The monoisotopic (exact) mass is 312 g/mol. The van der Waals surface area contributed by atoms with Gasteiger partial charge in [0.15, 0.2) is 0 Å². The van der Waals surface area contributed by atoms with Crippen molar-refractivity contribution < 1.29 is 27.9 Å². The van der Waals surface area contributed by atoms with Gasteiger partial charge >= 0.3 is 18.1 Å². The van der Waals surface area contributed by atoms with Crippen LogP contribution in [0.5, 0.6) is 0 Å². The smallest absolute Gasteiger partial charge is 0.471 e. The van der Waals surface area contributed by atoms with Crippen molar-refractivity contribution in [2.45, 2.75) is 18.6 Å². The first-order valence-electron chi connectivity index (χ1n) is 6.21. The van der Waals surface area contributed by atoms with Crippen molar-refractivity contribution in [1.82, 2.24) is 10.3 Å². The summed E-state index contributed by atoms with van der Waals surface area (Å²) in [4.78, 5) is 26.0. The molecule has 0 unspecified atom stereocenters. The molecule has 0 aliphatic rings. The lowest BCUT2D eigenvalue weighted by Gasteiger charge is -2.15. The number of halogens is 3. The maximum atomic E-state index is 12.2. The number of hydrogen-bond acceptors (Lipinski definition) is 3. The number of benzene rings is 1. The molecule has 0 aliphatic carbocycles. The summed E-state index contributed by atoms with van der Waals surface area (Å²) in [6.45, 7) is 0. The van der Waals surface area contributed by atoms with E-state index in [-0.39, 0.29) is 6.42 Å². The SMILES string of the molecule is O=C(O)[C@H](Cc1cnc2ccccc2c1)NC(=O)C(F)(F)F. The molecule has 0 spiro atoms. The predicted molar refractivity (Wildman–Crippen MR) is 71.1 cm³/mol. The van der Waals surface area contributed by atoms with Crippen LogP contribution in [0.25, 0.3) is 10.9 Å². The van der Waals surface area contributed by atoms with Crippen molar-refractivity contribution >= 4 is 22.8 Å². The molecule has 0 radical (unpaired) electrons. The second-order valence-electron chi connectivity index (χ2n) is 4.60. The van der Waals surface area contributed by atoms with E-state index in [1.165, 1.54) is 11.5 Å². The summed E-state index contributed by atoms with van der Waals surface area (Å²) in [5.74, 6) is -3.83. The van der Waals surface area contributed by atoms with Gasteiger partial charge in [0, 0.05) is 18.0 Å². The third-order valence-electron chi connectivity index (χ3n) is 2.95. The van der Waals surface area contributed by atoms with Crippen molar-refractivity contribution in [3.05, 3.63) is 42.1 Å². The van der Waals surface area contributed by atoms with Gasteiger partial charge in [-0.05, 0) is 17.7 Å². The summed E-state index contributed by atoms with van der Waals surface area (Å²) in [7, 11) is 0. The lowest BCUT2D eigenvalue weighted by molar-refractivity contribution is -0.175. The fourth-order valence-electron chi connectivity index (χ4n) is 1.90. The summed E-state index contributed by atoms with van der Waals surface area (Å²) in [6, 6.07) is 6.97. The van der Waals surface area contributed by atoms with Crippen molar-refractivity contribution in [2.24, 2.45) is 0 Å². The molecule has 2 N–H and O–H groups in total. The van der Waals surface area contributed by atoms with Crippen LogP contribution in [0.4, 0.5) is 13.2 Å². The molecule has 8 heteroatoms. The van der Waals surface area contributed by atoms with E-state index < -0.39 is 24.1 Å². The minimum atomic E-state index is -5.13. The highest BCUT2D eigenvalue weighted by Gasteiger charge is 2.40. The normalized spacial score (nSPS) is 12.9. The molecule has 0 aliphatic heterocycles. The Morgan fingerprint density at radius 2 is 1.95 bits per heavy atom. The lowest BCUT2D eigenvalue weighted by atomic mass is 10.1. The quantitative estimate of drug-likeness (QED) is 0.904. The van der Waals surface area contributed by atoms with Crippen molar-refractivity contribution in [1.29, 1.82) is 0 Å². The van der Waals surface area contributed by atoms with Gasteiger partial charge in [-0.15, -0.1) is 0 Å². The Hall–Kier alpha value is -2.64. The number of carboxylic acids is 1. The van der Waals surface area contributed by atoms with Gasteiger partial charge in [0.1, 0.15) is 6.04 Å². The molecular weight excluding hydrogens is 301 g/mol. The highest BCUT2D eigenvalue weighted by atomic mass is 19.4. The number of pyridine rings is 1. The fourth-order valence-corrected chi connectivity index (χ4v) is 1.90. The first-order valence-corrected chi connectivity index (χ1v) is 6.21. The van der Waals surface area contributed by atoms with Crippen LogP contribution in [0.3, 0.4) is 0 Å². The zero-order valence-electron chi connectivity index (χ0n) is 11.1. The number of nitrogens with zero attached hydrogens (tertiary/aromatic N) is 1. The van der Waals surface area contributed by atoms with E-state index in [1.807, 2.05) is 0 Å². The van der Waals surface area contributed by atoms with Crippen LogP contribution in [-0.4, -0.2) is 34.2 Å². The summed E-state index contributed by atoms with van der Waals surface area (Å²) >= 11 is 0. The molecule has 1 atom stereocenters. The Bertz CT molecular complexity index is 716. The van der Waals surface area contributed by atoms with E-state index in [9.17, 15) is 22.8 Å². The number of aliphatic carboxylic acids is 1. The molecule has 116 valence electrons. The Morgan fingerprint density at radius 1 is 1.27 bits per heavy atom. The van der Waals surface area contributed by atoms with E-state index in [1.54, 1.807) is 30.3 Å². The highest BCUT2D eigenvalue weighted by molar-refractivity contribution is 5.87. The number of rotatable bonds is 4. The van der Waals surface area contributed by atoms with Gasteiger partial charge in [-0.25, -0.2) is 4.79 Å². The largest absolute Gasteiger partial charge is 0.480 e. The second kappa shape index (κ2) is 6.00. The predicted octanol–water partition coefficient (Wildman–Crippen LogP) is 1.91. The first kappa shape index (κ1) is 15.7. The summed E-state index contributed by atoms with van der Waals surface area (Å²) in [6.07, 6.45) is -4.05. The van der Waals surface area contributed by atoms with Crippen LogP contribution in [0.15, 0.2) is 36.5 Å². The maximum absolute atomic E-state index is 12.2. The van der Waals surface area contributed by atoms with Crippen LogP contribution >= 0.6 is 0 Å². The summed E-state index contributed by atoms with van der Waals surface area (Å²) < 4.78 is 36.6. The molecule has 1 heterocycles. The zero-order valence-corrected chi connectivity index (χ0v) is 11.1. The van der Waals surface area contributed by atoms with Gasteiger partial charge in [0.2, 0.25) is 0 Å². The number of alkyl halides is 3. The van der Waals surface area contributed by atoms with Gasteiger partial charge < -0.3 is 10.4 Å². The molecule has 0 fully saturated rings. The van der Waals surface area contributed by atoms with Gasteiger partial charge in [-0.3, -0.25) is 9.78 Å². The van der Waals surface area contributed by atoms with Crippen LogP contribution in [-0.2, 0) is 16.0 Å². The molecule has 2 rings (SSSR count). The number of carboxylic acid groups (broad SMARTS) is 1. The van der Waals surface area contributed by atoms with Crippen LogP contribution < -0.4 is 5.32 Å². The third kappa shape index (κ3) is 3.72. The van der Waals surface area contributed by atoms with Gasteiger partial charge in [0.05, 0.1) is 5.52 Å². The Morgan fingerprint density at radius 3 is 2.59 bits per heavy atom. The van der Waals surface area contributed by atoms with E-state index in [4.69, 9.17) is 5.11 Å². The van der Waals surface area contributed by atoms with Gasteiger partial charge in [-0.2, -0.15) is 13.2 Å². The fraction of sp³-hybridized carbons (Fsp3) is 0.214. The number of nitrogens with one attached hydrogen (secondary N) is 1. The van der Waals surface area contributed by atoms with Crippen LogP contribution in [0.2, 0.25) is 0 Å². The second-order valence-corrected chi connectivity index (χ2v) is 4.60. The van der Waals surface area contributed by atoms with Crippen LogP contribution in [0.1, 0.15) is 5.56 Å². The number of hydrogen-bond donors (Lipinski definition) is 2. The molecule has 2 aromatic rings. The minimum absolute atomic E-state index is 0.297. The van der Waals surface area contributed by atoms with E-state index in [2.05, 4.69) is 4.98 Å². The molecule has 0 bridgehead atoms. The average Bonchev–Trinajstić information content (AvgIpc) is 2.45. The Labute approximate surface area is 122 Å². The maximum Gasteiger partial charge on any atom is 0.471 e. The average molecular weight is 312 g/mol. The standard InChI is InChI=1S/C14H11F3N2O3/c15-14(16,17)13(22)19-11(12(20)21)6-8-5-9-3-1-2-4-10(9)18-7-8/h1-5,7,11H,6H2,(H,19,22)(H,20,21)/t11-/m0/s1. The molecule has 1 aromatic heterocycles. The minimum Gasteiger partial charge on any atom is -0.480 e. The molecular formula is C14H11F3N2O3.